The number of rotatable bonds is 5. The zero-order valence-corrected chi connectivity index (χ0v) is 13.7. The molecule has 1 N–H and O–H groups in total. The molecule has 2 aromatic carbocycles. The van der Waals surface area contributed by atoms with E-state index in [0.717, 1.165) is 5.56 Å². The van der Waals surface area contributed by atoms with Gasteiger partial charge in [-0.25, -0.2) is 12.8 Å². The summed E-state index contributed by atoms with van der Waals surface area (Å²) in [6, 6.07) is 12.0. The van der Waals surface area contributed by atoms with Gasteiger partial charge in [0.25, 0.3) is 5.91 Å². The SMILES string of the molecule is CC(C)S(=O)(=O)c1ccc(CNC(=O)c2ccccc2F)cc1. The number of nitrogens with one attached hydrogen (secondary N) is 1. The molecular formula is C17H18FNO3S. The van der Waals surface area contributed by atoms with Gasteiger partial charge in [0.1, 0.15) is 5.82 Å². The third kappa shape index (κ3) is 3.96. The maximum absolute atomic E-state index is 13.5. The van der Waals surface area contributed by atoms with Crippen LogP contribution < -0.4 is 5.32 Å². The Balaban J connectivity index is 2.05. The molecule has 6 heteroatoms. The first-order valence-corrected chi connectivity index (χ1v) is 8.72. The second kappa shape index (κ2) is 6.91. The van der Waals surface area contributed by atoms with E-state index < -0.39 is 26.8 Å². The Hall–Kier alpha value is -2.21. The van der Waals surface area contributed by atoms with Gasteiger partial charge in [0.2, 0.25) is 0 Å². The number of hydrogen-bond acceptors (Lipinski definition) is 3. The second-order valence-electron chi connectivity index (χ2n) is 5.40. The normalized spacial score (nSPS) is 11.5. The van der Waals surface area contributed by atoms with Crippen LogP contribution in [-0.4, -0.2) is 19.6 Å². The van der Waals surface area contributed by atoms with Crippen LogP contribution in [0.2, 0.25) is 0 Å². The van der Waals surface area contributed by atoms with E-state index in [2.05, 4.69) is 5.32 Å². The van der Waals surface area contributed by atoms with Crippen molar-refractivity contribution in [1.29, 1.82) is 0 Å². The third-order valence-electron chi connectivity index (χ3n) is 3.44. The van der Waals surface area contributed by atoms with Crippen LogP contribution in [0, 0.1) is 5.82 Å². The molecule has 0 atom stereocenters. The number of halogens is 1. The lowest BCUT2D eigenvalue weighted by Crippen LogP contribution is -2.23. The van der Waals surface area contributed by atoms with Gasteiger partial charge in [-0.05, 0) is 43.7 Å². The fraction of sp³-hybridized carbons (Fsp3) is 0.235. The Kier molecular flexibility index (Phi) is 5.15. The molecule has 1 amide bonds. The van der Waals surface area contributed by atoms with Crippen molar-refractivity contribution in [2.24, 2.45) is 0 Å². The maximum atomic E-state index is 13.5. The fourth-order valence-electron chi connectivity index (χ4n) is 1.99. The Morgan fingerprint density at radius 2 is 1.70 bits per heavy atom. The molecule has 0 bridgehead atoms. The molecule has 0 fully saturated rings. The van der Waals surface area contributed by atoms with Crippen LogP contribution in [0.15, 0.2) is 53.4 Å². The van der Waals surface area contributed by atoms with Crippen molar-refractivity contribution < 1.29 is 17.6 Å². The summed E-state index contributed by atoms with van der Waals surface area (Å²) in [5, 5.41) is 2.12. The highest BCUT2D eigenvalue weighted by Gasteiger charge is 2.18. The summed E-state index contributed by atoms with van der Waals surface area (Å²) in [5.41, 5.74) is 0.712. The Bertz CT molecular complexity index is 799. The van der Waals surface area contributed by atoms with Gasteiger partial charge < -0.3 is 5.32 Å². The molecule has 2 rings (SSSR count). The van der Waals surface area contributed by atoms with E-state index in [-0.39, 0.29) is 17.0 Å². The molecule has 4 nitrogen and oxygen atoms in total. The average Bonchev–Trinajstić information content (AvgIpc) is 2.53. The number of carbonyl (C=O) groups is 1. The van der Waals surface area contributed by atoms with Crippen molar-refractivity contribution in [3.05, 3.63) is 65.5 Å². The van der Waals surface area contributed by atoms with Crippen LogP contribution in [-0.2, 0) is 16.4 Å². The van der Waals surface area contributed by atoms with Crippen molar-refractivity contribution in [2.45, 2.75) is 30.5 Å². The predicted molar refractivity (Wildman–Crippen MR) is 86.3 cm³/mol. The summed E-state index contributed by atoms with van der Waals surface area (Å²) in [6.07, 6.45) is 0. The monoisotopic (exact) mass is 335 g/mol. The van der Waals surface area contributed by atoms with Crippen LogP contribution in [0.1, 0.15) is 29.8 Å². The summed E-state index contributed by atoms with van der Waals surface area (Å²) < 4.78 is 37.5. The summed E-state index contributed by atoms with van der Waals surface area (Å²) in [4.78, 5) is 12.2. The van der Waals surface area contributed by atoms with Crippen molar-refractivity contribution >= 4 is 15.7 Å². The highest BCUT2D eigenvalue weighted by atomic mass is 32.2. The van der Waals surface area contributed by atoms with Crippen molar-refractivity contribution in [1.82, 2.24) is 5.32 Å². The van der Waals surface area contributed by atoms with E-state index in [1.54, 1.807) is 32.0 Å². The second-order valence-corrected chi connectivity index (χ2v) is 7.90. The minimum absolute atomic E-state index is 0.0218. The number of benzene rings is 2. The average molecular weight is 335 g/mol. The van der Waals surface area contributed by atoms with Crippen LogP contribution in [0.4, 0.5) is 4.39 Å². The molecule has 0 saturated heterocycles. The van der Waals surface area contributed by atoms with E-state index in [1.807, 2.05) is 0 Å². The Labute approximate surface area is 135 Å². The van der Waals surface area contributed by atoms with Gasteiger partial charge in [0.05, 0.1) is 15.7 Å². The standard InChI is InChI=1S/C17H18FNO3S/c1-12(2)23(21,22)14-9-7-13(8-10-14)11-19-17(20)15-5-3-4-6-16(15)18/h3-10,12H,11H2,1-2H3,(H,19,20). The van der Waals surface area contributed by atoms with Gasteiger partial charge in [-0.3, -0.25) is 4.79 Å². The van der Waals surface area contributed by atoms with Gasteiger partial charge in [-0.15, -0.1) is 0 Å². The lowest BCUT2D eigenvalue weighted by Gasteiger charge is -2.09. The Morgan fingerprint density at radius 3 is 2.26 bits per heavy atom. The quantitative estimate of drug-likeness (QED) is 0.914. The van der Waals surface area contributed by atoms with E-state index in [9.17, 15) is 17.6 Å². The van der Waals surface area contributed by atoms with Gasteiger partial charge in [0.15, 0.2) is 9.84 Å². The van der Waals surface area contributed by atoms with Crippen molar-refractivity contribution in [3.63, 3.8) is 0 Å². The molecular weight excluding hydrogens is 317 g/mol. The first kappa shape index (κ1) is 17.1. The third-order valence-corrected chi connectivity index (χ3v) is 5.61. The number of carbonyl (C=O) groups excluding carboxylic acids is 1. The van der Waals surface area contributed by atoms with Gasteiger partial charge in [0, 0.05) is 6.54 Å². The predicted octanol–water partition coefficient (Wildman–Crippen LogP) is 2.94. The van der Waals surface area contributed by atoms with Gasteiger partial charge >= 0.3 is 0 Å². The lowest BCUT2D eigenvalue weighted by atomic mass is 10.2. The van der Waals surface area contributed by atoms with Crippen LogP contribution in [0.5, 0.6) is 0 Å². The first-order chi connectivity index (χ1) is 10.8. The zero-order chi connectivity index (χ0) is 17.0. The smallest absolute Gasteiger partial charge is 0.254 e. The molecule has 0 aliphatic heterocycles. The highest BCUT2D eigenvalue weighted by Crippen LogP contribution is 2.16. The largest absolute Gasteiger partial charge is 0.348 e. The van der Waals surface area contributed by atoms with Crippen molar-refractivity contribution in [3.8, 4) is 0 Å². The summed E-state index contributed by atoms with van der Waals surface area (Å²) in [5.74, 6) is -1.09. The van der Waals surface area contributed by atoms with Crippen LogP contribution in [0.3, 0.4) is 0 Å². The van der Waals surface area contributed by atoms with Crippen LogP contribution in [0.25, 0.3) is 0 Å². The summed E-state index contributed by atoms with van der Waals surface area (Å²) in [7, 11) is -3.31. The molecule has 0 saturated carbocycles. The maximum Gasteiger partial charge on any atom is 0.254 e. The number of sulfone groups is 1. The topological polar surface area (TPSA) is 63.2 Å². The molecule has 122 valence electrons. The number of hydrogen-bond donors (Lipinski definition) is 1. The zero-order valence-electron chi connectivity index (χ0n) is 12.9. The molecule has 2 aromatic rings. The van der Waals surface area contributed by atoms with E-state index in [1.165, 1.54) is 30.3 Å². The molecule has 0 heterocycles. The molecule has 0 aromatic heterocycles. The van der Waals surface area contributed by atoms with Crippen molar-refractivity contribution in [2.75, 3.05) is 0 Å². The van der Waals surface area contributed by atoms with Gasteiger partial charge in [-0.2, -0.15) is 0 Å². The molecule has 0 unspecified atom stereocenters. The highest BCUT2D eigenvalue weighted by molar-refractivity contribution is 7.92. The number of amides is 1. The Morgan fingerprint density at radius 1 is 1.09 bits per heavy atom. The summed E-state index contributed by atoms with van der Waals surface area (Å²) >= 11 is 0. The first-order valence-electron chi connectivity index (χ1n) is 7.18. The van der Waals surface area contributed by atoms with E-state index in [4.69, 9.17) is 0 Å². The molecule has 0 spiro atoms. The molecule has 23 heavy (non-hydrogen) atoms. The van der Waals surface area contributed by atoms with Crippen LogP contribution >= 0.6 is 0 Å². The lowest BCUT2D eigenvalue weighted by molar-refractivity contribution is 0.0947. The molecule has 0 aliphatic rings. The minimum Gasteiger partial charge on any atom is -0.348 e. The van der Waals surface area contributed by atoms with Gasteiger partial charge in [-0.1, -0.05) is 24.3 Å². The van der Waals surface area contributed by atoms with E-state index in [0.29, 0.717) is 0 Å². The van der Waals surface area contributed by atoms with E-state index >= 15 is 0 Å². The fourth-order valence-corrected chi connectivity index (χ4v) is 3.05. The summed E-state index contributed by atoms with van der Waals surface area (Å²) in [6.45, 7) is 3.44. The molecule has 0 radical (unpaired) electrons. The minimum atomic E-state index is -3.31. The molecule has 0 aliphatic carbocycles.